The first-order valence-corrected chi connectivity index (χ1v) is 12.8. The molecule has 0 saturated carbocycles. The zero-order valence-electron chi connectivity index (χ0n) is 22.8. The number of anilines is 1. The lowest BCUT2D eigenvalue weighted by molar-refractivity contribution is -0.288. The van der Waals surface area contributed by atoms with Crippen LogP contribution in [0.3, 0.4) is 0 Å². The summed E-state index contributed by atoms with van der Waals surface area (Å²) in [5.41, 5.74) is 1.95. The molecule has 6 atom stereocenters. The molecule has 0 radical (unpaired) electrons. The molecular weight excluding hydrogens is 540 g/mol. The number of amides is 1. The highest BCUT2D eigenvalue weighted by atomic mass is 16.7. The third-order valence-corrected chi connectivity index (χ3v) is 6.16. The number of esters is 4. The van der Waals surface area contributed by atoms with Gasteiger partial charge < -0.3 is 39.1 Å². The highest BCUT2D eigenvalue weighted by Crippen LogP contribution is 2.32. The number of hydrogen-bond acceptors (Lipinski definition) is 12. The summed E-state index contributed by atoms with van der Waals surface area (Å²) in [7, 11) is 0. The van der Waals surface area contributed by atoms with Crippen LogP contribution in [0.25, 0.3) is 0 Å². The van der Waals surface area contributed by atoms with Crippen molar-refractivity contribution in [2.24, 2.45) is 0 Å². The Morgan fingerprint density at radius 1 is 0.756 bits per heavy atom. The fourth-order valence-electron chi connectivity index (χ4n) is 4.53. The Labute approximate surface area is 235 Å². The van der Waals surface area contributed by atoms with Crippen LogP contribution in [0.15, 0.2) is 48.5 Å². The van der Waals surface area contributed by atoms with Gasteiger partial charge in [-0.2, -0.15) is 0 Å². The van der Waals surface area contributed by atoms with Crippen LogP contribution in [0.1, 0.15) is 49.8 Å². The van der Waals surface area contributed by atoms with Crippen LogP contribution in [-0.4, -0.2) is 67.1 Å². The van der Waals surface area contributed by atoms with Gasteiger partial charge in [-0.05, 0) is 29.8 Å². The molecule has 13 heteroatoms. The molecule has 13 nitrogen and oxygen atoms in total. The van der Waals surface area contributed by atoms with Crippen molar-refractivity contribution in [3.05, 3.63) is 59.7 Å². The van der Waals surface area contributed by atoms with Crippen LogP contribution < -0.4 is 15.4 Å². The Balaban J connectivity index is 1.58. The third kappa shape index (κ3) is 7.31. The van der Waals surface area contributed by atoms with Crippen molar-refractivity contribution in [3.63, 3.8) is 0 Å². The fraction of sp³-hybridized carbons (Fsp3) is 0.393. The van der Waals surface area contributed by atoms with Gasteiger partial charge in [0.15, 0.2) is 12.2 Å². The summed E-state index contributed by atoms with van der Waals surface area (Å²) < 4.78 is 33.2. The topological polar surface area (TPSA) is 165 Å². The average Bonchev–Trinajstić information content (AvgIpc) is 2.90. The quantitative estimate of drug-likeness (QED) is 0.351. The Bertz CT molecular complexity index is 1310. The van der Waals surface area contributed by atoms with Gasteiger partial charge in [0.1, 0.15) is 24.6 Å². The highest BCUT2D eigenvalue weighted by Gasteiger charge is 2.53. The monoisotopic (exact) mass is 570 g/mol. The van der Waals surface area contributed by atoms with Gasteiger partial charge in [0.2, 0.25) is 12.4 Å². The smallest absolute Gasteiger partial charge is 0.303 e. The van der Waals surface area contributed by atoms with Gasteiger partial charge in [0.05, 0.1) is 5.56 Å². The second-order valence-electron chi connectivity index (χ2n) is 9.35. The molecule has 2 N–H and O–H groups in total. The molecular formula is C28H30N2O11. The molecule has 1 unspecified atom stereocenters. The molecule has 2 aliphatic rings. The van der Waals surface area contributed by atoms with Gasteiger partial charge in [0.25, 0.3) is 5.91 Å². The predicted octanol–water partition coefficient (Wildman–Crippen LogP) is 2.00. The van der Waals surface area contributed by atoms with Gasteiger partial charge in [-0.15, -0.1) is 0 Å². The molecule has 2 aromatic rings. The van der Waals surface area contributed by atoms with E-state index in [2.05, 4.69) is 10.6 Å². The van der Waals surface area contributed by atoms with E-state index in [4.69, 9.17) is 28.4 Å². The van der Waals surface area contributed by atoms with Crippen molar-refractivity contribution in [2.75, 3.05) is 11.9 Å². The van der Waals surface area contributed by atoms with E-state index in [1.165, 1.54) is 6.92 Å². The Kier molecular flexibility index (Phi) is 9.07. The molecule has 0 aromatic heterocycles. The minimum absolute atomic E-state index is 0.220. The molecule has 2 aliphatic heterocycles. The molecule has 1 saturated heterocycles. The summed E-state index contributed by atoms with van der Waals surface area (Å²) >= 11 is 0. The summed E-state index contributed by atoms with van der Waals surface area (Å²) in [6.07, 6.45) is -6.99. The number of hydrogen-bond donors (Lipinski definition) is 2. The second kappa shape index (κ2) is 12.7. The number of fused-ring (bicyclic) bond motifs is 1. The standard InChI is InChI=1S/C28H30N2O11/c1-14(31)36-13-22-23(37-15(2)32)24(38-16(3)33)25(39-17(4)34)28(41-22)40-19-11-9-18(10-12-19)26-29-21-8-6-5-7-20(21)27(35)30-26/h5-12,22-26,28-29H,13H2,1-4H3,(H,30,35)/t22-,23+,24+,25-,26?,28-/m1/s1. The average molecular weight is 571 g/mol. The lowest BCUT2D eigenvalue weighted by atomic mass is 9.98. The minimum Gasteiger partial charge on any atom is -0.463 e. The third-order valence-electron chi connectivity index (χ3n) is 6.16. The second-order valence-corrected chi connectivity index (χ2v) is 9.35. The number of rotatable bonds is 8. The van der Waals surface area contributed by atoms with E-state index < -0.39 is 60.7 Å². The van der Waals surface area contributed by atoms with E-state index in [0.717, 1.165) is 26.3 Å². The molecule has 0 spiro atoms. The van der Waals surface area contributed by atoms with Crippen molar-refractivity contribution in [2.45, 2.75) is 64.6 Å². The molecule has 2 heterocycles. The number of para-hydroxylation sites is 1. The normalized spacial score (nSPS) is 24.9. The van der Waals surface area contributed by atoms with E-state index in [1.54, 1.807) is 36.4 Å². The molecule has 218 valence electrons. The Hall–Kier alpha value is -4.65. The van der Waals surface area contributed by atoms with Crippen LogP contribution in [-0.2, 0) is 42.9 Å². The van der Waals surface area contributed by atoms with Crippen molar-refractivity contribution >= 4 is 35.5 Å². The summed E-state index contributed by atoms with van der Waals surface area (Å²) in [4.78, 5) is 59.9. The van der Waals surface area contributed by atoms with E-state index in [-0.39, 0.29) is 18.3 Å². The van der Waals surface area contributed by atoms with Gasteiger partial charge in [-0.25, -0.2) is 0 Å². The molecule has 0 bridgehead atoms. The van der Waals surface area contributed by atoms with Crippen molar-refractivity contribution in [1.29, 1.82) is 0 Å². The van der Waals surface area contributed by atoms with Crippen LogP contribution in [0, 0.1) is 0 Å². The molecule has 0 aliphatic carbocycles. The van der Waals surface area contributed by atoms with Crippen LogP contribution in [0.5, 0.6) is 5.75 Å². The highest BCUT2D eigenvalue weighted by molar-refractivity contribution is 6.01. The largest absolute Gasteiger partial charge is 0.463 e. The molecule has 4 rings (SSSR count). The van der Waals surface area contributed by atoms with Gasteiger partial charge in [0, 0.05) is 33.4 Å². The Morgan fingerprint density at radius 3 is 2.00 bits per heavy atom. The van der Waals surface area contributed by atoms with Crippen LogP contribution in [0.2, 0.25) is 0 Å². The first kappa shape index (κ1) is 29.3. The number of carbonyl (C=O) groups excluding carboxylic acids is 5. The maximum Gasteiger partial charge on any atom is 0.303 e. The fourth-order valence-corrected chi connectivity index (χ4v) is 4.53. The number of benzene rings is 2. The van der Waals surface area contributed by atoms with Gasteiger partial charge >= 0.3 is 23.9 Å². The summed E-state index contributed by atoms with van der Waals surface area (Å²) in [6.45, 7) is 4.24. The minimum atomic E-state index is -1.36. The molecule has 1 amide bonds. The zero-order chi connectivity index (χ0) is 29.7. The first-order chi connectivity index (χ1) is 19.5. The maximum atomic E-state index is 12.5. The lowest BCUT2D eigenvalue weighted by Gasteiger charge is -2.43. The molecule has 41 heavy (non-hydrogen) atoms. The van der Waals surface area contributed by atoms with E-state index in [1.807, 2.05) is 12.1 Å². The van der Waals surface area contributed by atoms with Gasteiger partial charge in [-0.1, -0.05) is 24.3 Å². The van der Waals surface area contributed by atoms with Crippen molar-refractivity contribution in [1.82, 2.24) is 5.32 Å². The summed E-state index contributed by atoms with van der Waals surface area (Å²) in [5.74, 6) is -2.78. The number of carbonyl (C=O) groups is 5. The Morgan fingerprint density at radius 2 is 1.37 bits per heavy atom. The summed E-state index contributed by atoms with van der Waals surface area (Å²) in [6, 6.07) is 13.8. The van der Waals surface area contributed by atoms with Crippen LogP contribution >= 0.6 is 0 Å². The molecule has 1 fully saturated rings. The maximum absolute atomic E-state index is 12.5. The number of nitrogens with one attached hydrogen (secondary N) is 2. The molecule has 2 aromatic carbocycles. The van der Waals surface area contributed by atoms with Crippen molar-refractivity contribution in [3.8, 4) is 5.75 Å². The summed E-state index contributed by atoms with van der Waals surface area (Å²) in [5, 5.41) is 6.15. The van der Waals surface area contributed by atoms with Crippen LogP contribution in [0.4, 0.5) is 5.69 Å². The van der Waals surface area contributed by atoms with Gasteiger partial charge in [-0.3, -0.25) is 24.0 Å². The number of ether oxygens (including phenoxy) is 6. The SMILES string of the molecule is CC(=O)OC[C@H]1O[C@@H](Oc2ccc(C3NC(=O)c4ccccc4N3)cc2)[C@H](OC(C)=O)[C@@H](OC(C)=O)[C@H]1OC(C)=O. The lowest BCUT2D eigenvalue weighted by Crippen LogP contribution is -2.63. The first-order valence-electron chi connectivity index (χ1n) is 12.8. The zero-order valence-corrected chi connectivity index (χ0v) is 22.8. The van der Waals surface area contributed by atoms with E-state index >= 15 is 0 Å². The predicted molar refractivity (Wildman–Crippen MR) is 139 cm³/mol. The van der Waals surface area contributed by atoms with E-state index in [9.17, 15) is 24.0 Å². The van der Waals surface area contributed by atoms with E-state index in [0.29, 0.717) is 11.3 Å². The van der Waals surface area contributed by atoms with Crippen molar-refractivity contribution < 1.29 is 52.4 Å².